The Labute approximate surface area is 166 Å². The molecular weight excluding hydrogens is 377 g/mol. The fraction of sp³-hybridized carbons (Fsp3) is 0.182. The number of anilines is 1. The Balaban J connectivity index is 1.89. The quantitative estimate of drug-likeness (QED) is 0.707. The van der Waals surface area contributed by atoms with Crippen LogP contribution in [0.1, 0.15) is 47.1 Å². The van der Waals surface area contributed by atoms with Crippen LogP contribution in [0.25, 0.3) is 11.1 Å². The Kier molecular flexibility index (Phi) is 5.34. The van der Waals surface area contributed by atoms with Gasteiger partial charge < -0.3 is 15.2 Å². The lowest BCUT2D eigenvalue weighted by atomic mass is 9.87. The van der Waals surface area contributed by atoms with Gasteiger partial charge in [-0.1, -0.05) is 45.0 Å². The summed E-state index contributed by atoms with van der Waals surface area (Å²) >= 11 is 1.09. The largest absolute Gasteiger partial charge is 0.545 e. The molecule has 0 spiro atoms. The first-order chi connectivity index (χ1) is 13.2. The van der Waals surface area contributed by atoms with E-state index in [-0.39, 0.29) is 16.0 Å². The van der Waals surface area contributed by atoms with Crippen LogP contribution >= 0.6 is 11.3 Å². The number of aromatic carboxylic acids is 1. The van der Waals surface area contributed by atoms with Gasteiger partial charge in [-0.25, -0.2) is 4.39 Å². The smallest absolute Gasteiger partial charge is 0.256 e. The number of hydrogen-bond donors (Lipinski definition) is 1. The van der Waals surface area contributed by atoms with Crippen LogP contribution in [0.5, 0.6) is 0 Å². The van der Waals surface area contributed by atoms with Crippen LogP contribution in [0.4, 0.5) is 9.39 Å². The number of halogens is 1. The molecular formula is C22H19FNO3S-. The maximum Gasteiger partial charge on any atom is 0.256 e. The summed E-state index contributed by atoms with van der Waals surface area (Å²) in [7, 11) is 0. The van der Waals surface area contributed by atoms with Crippen molar-refractivity contribution in [3.05, 3.63) is 76.4 Å². The number of carboxylic acids is 1. The number of amides is 1. The van der Waals surface area contributed by atoms with Crippen molar-refractivity contribution in [2.24, 2.45) is 0 Å². The molecule has 0 aliphatic heterocycles. The average Bonchev–Trinajstić information content (AvgIpc) is 3.05. The summed E-state index contributed by atoms with van der Waals surface area (Å²) in [5.41, 5.74) is 2.28. The molecule has 6 heteroatoms. The van der Waals surface area contributed by atoms with Gasteiger partial charge in [0.25, 0.3) is 5.91 Å². The number of hydrogen-bond acceptors (Lipinski definition) is 4. The molecule has 0 atom stereocenters. The van der Waals surface area contributed by atoms with E-state index in [2.05, 4.69) is 26.1 Å². The highest BCUT2D eigenvalue weighted by atomic mass is 32.1. The monoisotopic (exact) mass is 396 g/mol. The van der Waals surface area contributed by atoms with E-state index >= 15 is 0 Å². The van der Waals surface area contributed by atoms with Crippen LogP contribution in [-0.4, -0.2) is 11.9 Å². The van der Waals surface area contributed by atoms with Crippen LogP contribution in [0.2, 0.25) is 0 Å². The fourth-order valence-electron chi connectivity index (χ4n) is 2.79. The minimum Gasteiger partial charge on any atom is -0.545 e. The predicted molar refractivity (Wildman–Crippen MR) is 107 cm³/mol. The lowest BCUT2D eigenvalue weighted by Gasteiger charge is -2.19. The van der Waals surface area contributed by atoms with Crippen LogP contribution < -0.4 is 10.4 Å². The van der Waals surface area contributed by atoms with Crippen molar-refractivity contribution >= 4 is 28.2 Å². The number of rotatable bonds is 4. The van der Waals surface area contributed by atoms with Gasteiger partial charge in [-0.3, -0.25) is 4.79 Å². The van der Waals surface area contributed by atoms with Crippen LogP contribution in [0.15, 0.2) is 53.9 Å². The van der Waals surface area contributed by atoms with Gasteiger partial charge in [0.1, 0.15) is 10.8 Å². The highest BCUT2D eigenvalue weighted by Gasteiger charge is 2.18. The summed E-state index contributed by atoms with van der Waals surface area (Å²) in [5.74, 6) is -2.23. The summed E-state index contributed by atoms with van der Waals surface area (Å²) in [6.07, 6.45) is 0. The third-order valence-corrected chi connectivity index (χ3v) is 5.29. The van der Waals surface area contributed by atoms with E-state index in [4.69, 9.17) is 0 Å². The molecule has 0 saturated carbocycles. The Bertz CT molecular complexity index is 1020. The van der Waals surface area contributed by atoms with E-state index in [9.17, 15) is 19.1 Å². The van der Waals surface area contributed by atoms with E-state index in [0.717, 1.165) is 16.9 Å². The van der Waals surface area contributed by atoms with Gasteiger partial charge in [-0.2, -0.15) is 0 Å². The number of carbonyl (C=O) groups excluding carboxylic acids is 2. The Morgan fingerprint density at radius 3 is 2.14 bits per heavy atom. The van der Waals surface area contributed by atoms with Gasteiger partial charge in [0.2, 0.25) is 0 Å². The zero-order chi connectivity index (χ0) is 20.5. The average molecular weight is 396 g/mol. The number of thiophene rings is 1. The van der Waals surface area contributed by atoms with E-state index in [1.54, 1.807) is 17.5 Å². The predicted octanol–water partition coefficient (Wildman–Crippen LogP) is 4.47. The lowest BCUT2D eigenvalue weighted by Crippen LogP contribution is -2.24. The molecule has 0 fully saturated rings. The van der Waals surface area contributed by atoms with Gasteiger partial charge in [0, 0.05) is 22.1 Å². The first kappa shape index (κ1) is 19.8. The van der Waals surface area contributed by atoms with Gasteiger partial charge in [-0.15, -0.1) is 11.3 Å². The minimum atomic E-state index is -1.40. The molecule has 0 saturated heterocycles. The SMILES string of the molecule is CC(C)(C)c1ccc(C(=O)Nc2scc(-c3ccc(F)cc3)c2C(=O)[O-])cc1. The molecule has 3 rings (SSSR count). The van der Waals surface area contributed by atoms with Gasteiger partial charge in [0.05, 0.1) is 5.97 Å². The minimum absolute atomic E-state index is 0.0328. The summed E-state index contributed by atoms with van der Waals surface area (Å²) in [6.45, 7) is 6.24. The van der Waals surface area contributed by atoms with E-state index in [1.807, 2.05) is 12.1 Å². The second-order valence-corrected chi connectivity index (χ2v) is 8.31. The van der Waals surface area contributed by atoms with Crippen molar-refractivity contribution in [2.75, 3.05) is 5.32 Å². The molecule has 0 radical (unpaired) electrons. The molecule has 0 unspecified atom stereocenters. The van der Waals surface area contributed by atoms with Crippen molar-refractivity contribution in [3.8, 4) is 11.1 Å². The molecule has 0 aliphatic rings. The Hall–Kier alpha value is -2.99. The summed E-state index contributed by atoms with van der Waals surface area (Å²) in [6, 6.07) is 12.7. The van der Waals surface area contributed by atoms with Crippen LogP contribution in [-0.2, 0) is 5.41 Å². The molecule has 1 N–H and O–H groups in total. The number of benzene rings is 2. The Morgan fingerprint density at radius 2 is 1.61 bits per heavy atom. The lowest BCUT2D eigenvalue weighted by molar-refractivity contribution is -0.254. The maximum absolute atomic E-state index is 13.1. The third-order valence-electron chi connectivity index (χ3n) is 4.39. The Morgan fingerprint density at radius 1 is 1.00 bits per heavy atom. The normalized spacial score (nSPS) is 11.3. The molecule has 144 valence electrons. The molecule has 1 amide bonds. The van der Waals surface area contributed by atoms with Crippen LogP contribution in [0, 0.1) is 5.82 Å². The number of nitrogens with one attached hydrogen (secondary N) is 1. The van der Waals surface area contributed by atoms with Crippen molar-refractivity contribution < 1.29 is 19.1 Å². The second-order valence-electron chi connectivity index (χ2n) is 7.43. The first-order valence-corrected chi connectivity index (χ1v) is 9.55. The highest BCUT2D eigenvalue weighted by Crippen LogP contribution is 2.35. The van der Waals surface area contributed by atoms with Crippen molar-refractivity contribution in [1.29, 1.82) is 0 Å². The van der Waals surface area contributed by atoms with E-state index in [0.29, 0.717) is 16.7 Å². The van der Waals surface area contributed by atoms with Gasteiger partial charge in [0.15, 0.2) is 0 Å². The molecule has 3 aromatic rings. The summed E-state index contributed by atoms with van der Waals surface area (Å²) < 4.78 is 13.1. The molecule has 4 nitrogen and oxygen atoms in total. The van der Waals surface area contributed by atoms with E-state index in [1.165, 1.54) is 24.3 Å². The van der Waals surface area contributed by atoms with Crippen molar-refractivity contribution in [2.45, 2.75) is 26.2 Å². The van der Waals surface area contributed by atoms with Gasteiger partial charge in [-0.05, 0) is 40.8 Å². The maximum atomic E-state index is 13.1. The summed E-state index contributed by atoms with van der Waals surface area (Å²) in [4.78, 5) is 24.3. The number of carbonyl (C=O) groups is 2. The third kappa shape index (κ3) is 4.12. The van der Waals surface area contributed by atoms with Crippen molar-refractivity contribution in [3.63, 3.8) is 0 Å². The van der Waals surface area contributed by atoms with Crippen molar-refractivity contribution in [1.82, 2.24) is 0 Å². The van der Waals surface area contributed by atoms with Gasteiger partial charge >= 0.3 is 0 Å². The zero-order valence-corrected chi connectivity index (χ0v) is 16.5. The number of carboxylic acid groups (broad SMARTS) is 1. The van der Waals surface area contributed by atoms with E-state index < -0.39 is 17.7 Å². The molecule has 1 aromatic heterocycles. The summed E-state index contributed by atoms with van der Waals surface area (Å²) in [5, 5.41) is 16.1. The highest BCUT2D eigenvalue weighted by molar-refractivity contribution is 7.15. The second kappa shape index (κ2) is 7.56. The molecule has 0 aliphatic carbocycles. The fourth-order valence-corrected chi connectivity index (χ4v) is 3.74. The topological polar surface area (TPSA) is 69.2 Å². The molecule has 2 aromatic carbocycles. The molecule has 28 heavy (non-hydrogen) atoms. The zero-order valence-electron chi connectivity index (χ0n) is 15.7. The van der Waals surface area contributed by atoms with Crippen LogP contribution in [0.3, 0.4) is 0 Å². The molecule has 0 bridgehead atoms. The first-order valence-electron chi connectivity index (χ1n) is 8.67. The standard InChI is InChI=1S/C22H20FNO3S/c1-22(2,3)15-8-4-14(5-9-15)19(25)24-20-18(21(26)27)17(12-28-20)13-6-10-16(23)11-7-13/h4-12H,1-3H3,(H,24,25)(H,26,27)/p-1. The molecule has 1 heterocycles.